The summed E-state index contributed by atoms with van der Waals surface area (Å²) in [6.07, 6.45) is 6.34. The molecule has 1 rings (SSSR count). The molecule has 1 aliphatic rings. The molecule has 0 radical (unpaired) electrons. The van der Waals surface area contributed by atoms with Crippen molar-refractivity contribution in [2.45, 2.75) is 58.4 Å². The van der Waals surface area contributed by atoms with Crippen LogP contribution in [0.5, 0.6) is 0 Å². The molecule has 1 fully saturated rings. The van der Waals surface area contributed by atoms with E-state index in [1.165, 1.54) is 25.7 Å². The van der Waals surface area contributed by atoms with Gasteiger partial charge in [-0.3, -0.25) is 9.69 Å². The Hall–Kier alpha value is -0.610. The molecule has 0 bridgehead atoms. The Labute approximate surface area is 117 Å². The van der Waals surface area contributed by atoms with Crippen molar-refractivity contribution in [3.63, 3.8) is 0 Å². The highest BCUT2D eigenvalue weighted by Crippen LogP contribution is 2.41. The van der Waals surface area contributed by atoms with Crippen molar-refractivity contribution in [2.24, 2.45) is 5.41 Å². The van der Waals surface area contributed by atoms with E-state index in [2.05, 4.69) is 18.7 Å². The Bertz CT molecular complexity index is 267. The first kappa shape index (κ1) is 16.4. The Kier molecular flexibility index (Phi) is 6.80. The van der Waals surface area contributed by atoms with Crippen molar-refractivity contribution in [2.75, 3.05) is 26.8 Å². The number of hydrogen-bond acceptors (Lipinski definition) is 3. The van der Waals surface area contributed by atoms with E-state index in [1.807, 2.05) is 0 Å². The third-order valence-corrected chi connectivity index (χ3v) is 4.19. The Morgan fingerprint density at radius 1 is 1.32 bits per heavy atom. The summed E-state index contributed by atoms with van der Waals surface area (Å²) in [6.45, 7) is 6.99. The fourth-order valence-corrected chi connectivity index (χ4v) is 3.42. The Morgan fingerprint density at radius 3 is 2.32 bits per heavy atom. The largest absolute Gasteiger partial charge is 0.480 e. The maximum Gasteiger partial charge on any atom is 0.320 e. The summed E-state index contributed by atoms with van der Waals surface area (Å²) in [7, 11) is 1.66. The number of carboxylic acid groups (broad SMARTS) is 1. The smallest absolute Gasteiger partial charge is 0.320 e. The molecule has 0 aromatic rings. The van der Waals surface area contributed by atoms with Crippen LogP contribution in [-0.2, 0) is 9.53 Å². The van der Waals surface area contributed by atoms with Gasteiger partial charge in [0, 0.05) is 26.8 Å². The molecule has 1 unspecified atom stereocenters. The lowest BCUT2D eigenvalue weighted by Crippen LogP contribution is -2.61. The third kappa shape index (κ3) is 4.46. The molecule has 0 amide bonds. The molecule has 0 spiro atoms. The third-order valence-electron chi connectivity index (χ3n) is 4.19. The van der Waals surface area contributed by atoms with E-state index in [4.69, 9.17) is 4.74 Å². The van der Waals surface area contributed by atoms with Gasteiger partial charge in [0.05, 0.1) is 0 Å². The first-order chi connectivity index (χ1) is 9.08. The van der Waals surface area contributed by atoms with Gasteiger partial charge in [0.2, 0.25) is 0 Å². The average Bonchev–Trinajstić information content (AvgIpc) is 2.31. The minimum absolute atomic E-state index is 0.322. The highest BCUT2D eigenvalue weighted by Gasteiger charge is 2.45. The number of carbonyl (C=O) groups is 1. The topological polar surface area (TPSA) is 49.8 Å². The lowest BCUT2D eigenvalue weighted by molar-refractivity contribution is -0.151. The quantitative estimate of drug-likeness (QED) is 0.621. The van der Waals surface area contributed by atoms with Gasteiger partial charge < -0.3 is 9.84 Å². The van der Waals surface area contributed by atoms with Gasteiger partial charge in [-0.1, -0.05) is 26.7 Å². The highest BCUT2D eigenvalue weighted by molar-refractivity contribution is 5.73. The number of ether oxygens (including phenoxy) is 1. The number of aliphatic carboxylic acids is 1. The van der Waals surface area contributed by atoms with Crippen LogP contribution in [0.4, 0.5) is 0 Å². The second-order valence-electron chi connectivity index (χ2n) is 5.89. The summed E-state index contributed by atoms with van der Waals surface area (Å²) in [5.74, 6) is -0.683. The van der Waals surface area contributed by atoms with E-state index in [-0.39, 0.29) is 6.04 Å². The molecule has 1 heterocycles. The van der Waals surface area contributed by atoms with Crippen molar-refractivity contribution in [1.29, 1.82) is 0 Å². The lowest BCUT2D eigenvalue weighted by atomic mass is 9.72. The second-order valence-corrected chi connectivity index (χ2v) is 5.89. The van der Waals surface area contributed by atoms with Crippen LogP contribution >= 0.6 is 0 Å². The molecular weight excluding hydrogens is 242 g/mol. The molecule has 112 valence electrons. The predicted molar refractivity (Wildman–Crippen MR) is 76.4 cm³/mol. The fraction of sp³-hybridized carbons (Fsp3) is 0.933. The van der Waals surface area contributed by atoms with Gasteiger partial charge in [-0.25, -0.2) is 0 Å². The summed E-state index contributed by atoms with van der Waals surface area (Å²) in [4.78, 5) is 13.5. The van der Waals surface area contributed by atoms with E-state index >= 15 is 0 Å². The first-order valence-electron chi connectivity index (χ1n) is 7.54. The van der Waals surface area contributed by atoms with Crippen LogP contribution in [0.2, 0.25) is 0 Å². The Morgan fingerprint density at radius 2 is 1.89 bits per heavy atom. The standard InChI is InChI=1S/C15H29NO3/c1-4-8-15(9-5-2)11-16(12-15)13(14(17)18)7-6-10-19-3/h13H,4-12H2,1-3H3,(H,17,18). The predicted octanol–water partition coefficient (Wildman–Crippen LogP) is 2.77. The summed E-state index contributed by atoms with van der Waals surface area (Å²) in [6, 6.07) is -0.322. The van der Waals surface area contributed by atoms with E-state index < -0.39 is 5.97 Å². The summed E-state index contributed by atoms with van der Waals surface area (Å²) < 4.78 is 5.01. The molecule has 0 aliphatic carbocycles. The zero-order valence-corrected chi connectivity index (χ0v) is 12.7. The van der Waals surface area contributed by atoms with Crippen molar-refractivity contribution in [1.82, 2.24) is 4.90 Å². The van der Waals surface area contributed by atoms with Gasteiger partial charge >= 0.3 is 5.97 Å². The summed E-state index contributed by atoms with van der Waals surface area (Å²) in [5, 5.41) is 9.36. The minimum atomic E-state index is -0.683. The number of rotatable bonds is 10. The molecule has 0 aromatic heterocycles. The maximum absolute atomic E-state index is 11.4. The van der Waals surface area contributed by atoms with Gasteiger partial charge in [-0.05, 0) is 31.1 Å². The summed E-state index contributed by atoms with van der Waals surface area (Å²) >= 11 is 0. The lowest BCUT2D eigenvalue weighted by Gasteiger charge is -2.53. The van der Waals surface area contributed by atoms with Gasteiger partial charge in [-0.2, -0.15) is 0 Å². The number of nitrogens with zero attached hydrogens (tertiary/aromatic N) is 1. The van der Waals surface area contributed by atoms with Crippen LogP contribution in [0, 0.1) is 5.41 Å². The van der Waals surface area contributed by atoms with Crippen LogP contribution in [0.15, 0.2) is 0 Å². The SMILES string of the molecule is CCCC1(CCC)CN(C(CCCOC)C(=O)O)C1. The average molecular weight is 271 g/mol. The maximum atomic E-state index is 11.4. The number of methoxy groups -OCH3 is 1. The number of likely N-dealkylation sites (tertiary alicyclic amines) is 1. The summed E-state index contributed by atoms with van der Waals surface area (Å²) in [5.41, 5.74) is 0.387. The van der Waals surface area contributed by atoms with E-state index in [0.29, 0.717) is 18.4 Å². The zero-order valence-electron chi connectivity index (χ0n) is 12.7. The van der Waals surface area contributed by atoms with Gasteiger partial charge in [0.15, 0.2) is 0 Å². The molecule has 4 heteroatoms. The normalized spacial score (nSPS) is 19.9. The van der Waals surface area contributed by atoms with Gasteiger partial charge in [0.25, 0.3) is 0 Å². The molecule has 4 nitrogen and oxygen atoms in total. The van der Waals surface area contributed by atoms with Gasteiger partial charge in [0.1, 0.15) is 6.04 Å². The molecule has 1 aliphatic heterocycles. The first-order valence-corrected chi connectivity index (χ1v) is 7.54. The fourth-order valence-electron chi connectivity index (χ4n) is 3.42. The minimum Gasteiger partial charge on any atom is -0.480 e. The van der Waals surface area contributed by atoms with Gasteiger partial charge in [-0.15, -0.1) is 0 Å². The van der Waals surface area contributed by atoms with E-state index in [0.717, 1.165) is 19.5 Å². The van der Waals surface area contributed by atoms with Crippen LogP contribution in [0.3, 0.4) is 0 Å². The number of hydrogen-bond donors (Lipinski definition) is 1. The van der Waals surface area contributed by atoms with Crippen molar-refractivity contribution >= 4 is 5.97 Å². The number of carboxylic acids is 1. The van der Waals surface area contributed by atoms with Crippen molar-refractivity contribution in [3.05, 3.63) is 0 Å². The van der Waals surface area contributed by atoms with Crippen LogP contribution < -0.4 is 0 Å². The zero-order chi connectivity index (χ0) is 14.3. The second kappa shape index (κ2) is 7.85. The van der Waals surface area contributed by atoms with E-state index in [9.17, 15) is 9.90 Å². The molecule has 0 saturated carbocycles. The van der Waals surface area contributed by atoms with E-state index in [1.54, 1.807) is 7.11 Å². The molecule has 1 N–H and O–H groups in total. The molecular formula is C15H29NO3. The highest BCUT2D eigenvalue weighted by atomic mass is 16.5. The van der Waals surface area contributed by atoms with Crippen LogP contribution in [0.1, 0.15) is 52.4 Å². The molecule has 19 heavy (non-hydrogen) atoms. The van der Waals surface area contributed by atoms with Crippen molar-refractivity contribution < 1.29 is 14.6 Å². The monoisotopic (exact) mass is 271 g/mol. The molecule has 1 saturated heterocycles. The molecule has 1 atom stereocenters. The Balaban J connectivity index is 2.48. The van der Waals surface area contributed by atoms with Crippen LogP contribution in [-0.4, -0.2) is 48.8 Å². The van der Waals surface area contributed by atoms with Crippen molar-refractivity contribution in [3.8, 4) is 0 Å². The van der Waals surface area contributed by atoms with Crippen LogP contribution in [0.25, 0.3) is 0 Å². The molecule has 0 aromatic carbocycles.